The number of rotatable bonds is 7. The van der Waals surface area contributed by atoms with Crippen molar-refractivity contribution in [2.24, 2.45) is 5.92 Å². The van der Waals surface area contributed by atoms with Crippen molar-refractivity contribution in [3.05, 3.63) is 35.4 Å². The molecule has 1 aliphatic rings. The summed E-state index contributed by atoms with van der Waals surface area (Å²) in [6, 6.07) is 6.18. The number of ether oxygens (including phenoxy) is 1. The van der Waals surface area contributed by atoms with Crippen LogP contribution in [-0.4, -0.2) is 36.4 Å². The third-order valence-corrected chi connectivity index (χ3v) is 4.41. The molecule has 0 radical (unpaired) electrons. The topological polar surface area (TPSA) is 87.7 Å². The molecular formula is C18H26N2O4. The number of carboxylic acid groups (broad SMARTS) is 1. The van der Waals surface area contributed by atoms with Crippen LogP contribution in [-0.2, 0) is 11.3 Å². The Morgan fingerprint density at radius 3 is 2.54 bits per heavy atom. The first kappa shape index (κ1) is 18.3. The highest BCUT2D eigenvalue weighted by Gasteiger charge is 2.21. The van der Waals surface area contributed by atoms with Gasteiger partial charge in [-0.15, -0.1) is 0 Å². The second-order valence-corrected chi connectivity index (χ2v) is 6.28. The Bertz CT molecular complexity index is 544. The fourth-order valence-electron chi connectivity index (χ4n) is 2.91. The van der Waals surface area contributed by atoms with E-state index in [4.69, 9.17) is 9.84 Å². The molecule has 0 spiro atoms. The number of carbonyl (C=O) groups is 2. The van der Waals surface area contributed by atoms with Crippen molar-refractivity contribution < 1.29 is 19.4 Å². The second-order valence-electron chi connectivity index (χ2n) is 6.28. The van der Waals surface area contributed by atoms with E-state index in [-0.39, 0.29) is 11.6 Å². The van der Waals surface area contributed by atoms with Gasteiger partial charge in [0, 0.05) is 13.1 Å². The highest BCUT2D eigenvalue weighted by Crippen LogP contribution is 2.25. The minimum absolute atomic E-state index is 0.234. The molecule has 1 aromatic carbocycles. The van der Waals surface area contributed by atoms with Gasteiger partial charge in [0.1, 0.15) is 0 Å². The molecule has 2 amide bonds. The minimum Gasteiger partial charge on any atom is -0.478 e. The van der Waals surface area contributed by atoms with Crippen LogP contribution >= 0.6 is 0 Å². The number of carboxylic acids is 1. The van der Waals surface area contributed by atoms with E-state index in [1.54, 1.807) is 12.1 Å². The van der Waals surface area contributed by atoms with Gasteiger partial charge in [0.05, 0.1) is 18.3 Å². The molecule has 1 saturated carbocycles. The van der Waals surface area contributed by atoms with E-state index < -0.39 is 5.97 Å². The fraction of sp³-hybridized carbons (Fsp3) is 0.556. The van der Waals surface area contributed by atoms with E-state index in [0.717, 1.165) is 12.0 Å². The maximum absolute atomic E-state index is 11.7. The molecule has 132 valence electrons. The summed E-state index contributed by atoms with van der Waals surface area (Å²) in [7, 11) is 0. The molecule has 24 heavy (non-hydrogen) atoms. The first-order valence-corrected chi connectivity index (χ1v) is 8.52. The van der Waals surface area contributed by atoms with Crippen LogP contribution in [0.25, 0.3) is 0 Å². The Labute approximate surface area is 142 Å². The lowest BCUT2D eigenvalue weighted by Gasteiger charge is -2.28. The molecule has 6 nitrogen and oxygen atoms in total. The number of nitrogens with one attached hydrogen (secondary N) is 2. The predicted octanol–water partition coefficient (Wildman–Crippen LogP) is 2.78. The van der Waals surface area contributed by atoms with Crippen LogP contribution in [0.2, 0.25) is 0 Å². The first-order valence-electron chi connectivity index (χ1n) is 8.52. The van der Waals surface area contributed by atoms with E-state index in [1.807, 2.05) is 0 Å². The molecule has 0 bridgehead atoms. The number of aromatic carboxylic acids is 1. The average Bonchev–Trinajstić information content (AvgIpc) is 2.58. The number of hydrogen-bond acceptors (Lipinski definition) is 3. The second kappa shape index (κ2) is 9.27. The van der Waals surface area contributed by atoms with Gasteiger partial charge < -0.3 is 20.5 Å². The molecule has 0 aromatic heterocycles. The molecule has 0 aliphatic heterocycles. The summed E-state index contributed by atoms with van der Waals surface area (Å²) in [5.41, 5.74) is 1.08. The summed E-state index contributed by atoms with van der Waals surface area (Å²) in [6.45, 7) is 3.58. The van der Waals surface area contributed by atoms with Crippen LogP contribution in [0.3, 0.4) is 0 Å². The van der Waals surface area contributed by atoms with Crippen molar-refractivity contribution in [3.63, 3.8) is 0 Å². The smallest absolute Gasteiger partial charge is 0.335 e. The molecule has 2 unspecified atom stereocenters. The maximum Gasteiger partial charge on any atom is 0.335 e. The Balaban J connectivity index is 1.60. The molecule has 0 saturated heterocycles. The molecule has 1 aromatic rings. The van der Waals surface area contributed by atoms with Crippen molar-refractivity contribution >= 4 is 12.0 Å². The summed E-state index contributed by atoms with van der Waals surface area (Å²) < 4.78 is 5.85. The van der Waals surface area contributed by atoms with Crippen molar-refractivity contribution in [1.29, 1.82) is 0 Å². The first-order chi connectivity index (χ1) is 11.6. The lowest BCUT2D eigenvalue weighted by atomic mass is 9.88. The molecule has 2 rings (SSSR count). The standard InChI is InChI=1S/C18H26N2O4/c1-13-4-2-3-5-16(13)24-11-10-19-18(23)20-12-14-6-8-15(9-7-14)17(21)22/h6-9,13,16H,2-5,10-12H2,1H3,(H,21,22)(H2,19,20,23). The van der Waals surface area contributed by atoms with Gasteiger partial charge in [-0.2, -0.15) is 0 Å². The normalized spacial score (nSPS) is 20.4. The zero-order chi connectivity index (χ0) is 17.4. The molecule has 1 aliphatic carbocycles. The zero-order valence-electron chi connectivity index (χ0n) is 14.1. The summed E-state index contributed by atoms with van der Waals surface area (Å²) >= 11 is 0. The van der Waals surface area contributed by atoms with Crippen molar-refractivity contribution in [3.8, 4) is 0 Å². The Morgan fingerprint density at radius 2 is 1.88 bits per heavy atom. The molecule has 1 fully saturated rings. The van der Waals surface area contributed by atoms with Gasteiger partial charge in [0.15, 0.2) is 0 Å². The summed E-state index contributed by atoms with van der Waals surface area (Å²) in [6.07, 6.45) is 5.16. The van der Waals surface area contributed by atoms with Crippen LogP contribution in [0.15, 0.2) is 24.3 Å². The SMILES string of the molecule is CC1CCCCC1OCCNC(=O)NCc1ccc(C(=O)O)cc1. The summed E-state index contributed by atoms with van der Waals surface area (Å²) in [5, 5.41) is 14.3. The van der Waals surface area contributed by atoms with Crippen LogP contribution in [0.1, 0.15) is 48.5 Å². The molecule has 6 heteroatoms. The summed E-state index contributed by atoms with van der Waals surface area (Å²) in [4.78, 5) is 22.5. The minimum atomic E-state index is -0.959. The monoisotopic (exact) mass is 334 g/mol. The van der Waals surface area contributed by atoms with Crippen molar-refractivity contribution in [1.82, 2.24) is 10.6 Å². The highest BCUT2D eigenvalue weighted by molar-refractivity contribution is 5.87. The van der Waals surface area contributed by atoms with Gasteiger partial charge in [0.2, 0.25) is 0 Å². The van der Waals surface area contributed by atoms with Gasteiger partial charge in [-0.3, -0.25) is 0 Å². The third-order valence-electron chi connectivity index (χ3n) is 4.41. The number of urea groups is 1. The molecule has 2 atom stereocenters. The van der Waals surface area contributed by atoms with E-state index in [2.05, 4.69) is 17.6 Å². The van der Waals surface area contributed by atoms with Gasteiger partial charge >= 0.3 is 12.0 Å². The Morgan fingerprint density at radius 1 is 1.17 bits per heavy atom. The Kier molecular flexibility index (Phi) is 7.06. The van der Waals surface area contributed by atoms with Crippen LogP contribution < -0.4 is 10.6 Å². The fourth-order valence-corrected chi connectivity index (χ4v) is 2.91. The quantitative estimate of drug-likeness (QED) is 0.669. The molecular weight excluding hydrogens is 308 g/mol. The third kappa shape index (κ3) is 5.85. The van der Waals surface area contributed by atoms with Gasteiger partial charge in [-0.1, -0.05) is 31.9 Å². The number of amides is 2. The van der Waals surface area contributed by atoms with E-state index in [1.165, 1.54) is 31.4 Å². The van der Waals surface area contributed by atoms with Crippen LogP contribution in [0.4, 0.5) is 4.79 Å². The van der Waals surface area contributed by atoms with Crippen molar-refractivity contribution in [2.45, 2.75) is 45.3 Å². The largest absolute Gasteiger partial charge is 0.478 e. The number of carbonyl (C=O) groups excluding carboxylic acids is 1. The average molecular weight is 334 g/mol. The lowest BCUT2D eigenvalue weighted by Crippen LogP contribution is -2.38. The van der Waals surface area contributed by atoms with Crippen molar-refractivity contribution in [2.75, 3.05) is 13.2 Å². The van der Waals surface area contributed by atoms with Gasteiger partial charge in [0.25, 0.3) is 0 Å². The molecule has 3 N–H and O–H groups in total. The number of hydrogen-bond donors (Lipinski definition) is 3. The van der Waals surface area contributed by atoms with E-state index in [0.29, 0.717) is 31.7 Å². The van der Waals surface area contributed by atoms with Gasteiger partial charge in [-0.25, -0.2) is 9.59 Å². The van der Waals surface area contributed by atoms with E-state index >= 15 is 0 Å². The van der Waals surface area contributed by atoms with Crippen LogP contribution in [0.5, 0.6) is 0 Å². The summed E-state index contributed by atoms with van der Waals surface area (Å²) in [5.74, 6) is -0.360. The highest BCUT2D eigenvalue weighted by atomic mass is 16.5. The molecule has 0 heterocycles. The maximum atomic E-state index is 11.7. The Hall–Kier alpha value is -2.08. The zero-order valence-corrected chi connectivity index (χ0v) is 14.1. The van der Waals surface area contributed by atoms with Crippen LogP contribution in [0, 0.1) is 5.92 Å². The number of benzene rings is 1. The van der Waals surface area contributed by atoms with Gasteiger partial charge in [-0.05, 0) is 36.5 Å². The predicted molar refractivity (Wildman–Crippen MR) is 91.0 cm³/mol. The van der Waals surface area contributed by atoms with E-state index in [9.17, 15) is 9.59 Å². The lowest BCUT2D eigenvalue weighted by molar-refractivity contribution is -0.00243.